The molecule has 0 bridgehead atoms. The number of nitrogens with zero attached hydrogens (tertiary/aromatic N) is 2. The van der Waals surface area contributed by atoms with Crippen molar-refractivity contribution in [3.63, 3.8) is 0 Å². The van der Waals surface area contributed by atoms with Gasteiger partial charge in [0.2, 0.25) is 0 Å². The van der Waals surface area contributed by atoms with Gasteiger partial charge in [-0.05, 0) is 12.8 Å². The first-order chi connectivity index (χ1) is 7.74. The van der Waals surface area contributed by atoms with Crippen molar-refractivity contribution in [2.75, 3.05) is 13.7 Å². The van der Waals surface area contributed by atoms with Crippen LogP contribution >= 0.6 is 0 Å². The SMILES string of the molecule is CC1=NS(=O)(=O)N(C)C=C1C(=O)OCC(C)C. The Morgan fingerprint density at radius 2 is 2.12 bits per heavy atom. The molecule has 6 nitrogen and oxygen atoms in total. The van der Waals surface area contributed by atoms with Crippen molar-refractivity contribution in [2.24, 2.45) is 10.3 Å². The van der Waals surface area contributed by atoms with Crippen LogP contribution in [0.2, 0.25) is 0 Å². The van der Waals surface area contributed by atoms with Crippen molar-refractivity contribution in [3.8, 4) is 0 Å². The molecule has 0 aromatic rings. The summed E-state index contributed by atoms with van der Waals surface area (Å²) in [6.45, 7) is 5.59. The van der Waals surface area contributed by atoms with E-state index in [1.807, 2.05) is 13.8 Å². The maximum Gasteiger partial charge on any atom is 0.344 e. The average molecular weight is 260 g/mol. The molecule has 0 radical (unpaired) electrons. The van der Waals surface area contributed by atoms with E-state index < -0.39 is 16.2 Å². The molecule has 1 aliphatic heterocycles. The van der Waals surface area contributed by atoms with Crippen LogP contribution in [0.25, 0.3) is 0 Å². The maximum atomic E-state index is 11.7. The summed E-state index contributed by atoms with van der Waals surface area (Å²) in [6, 6.07) is 0. The van der Waals surface area contributed by atoms with Crippen molar-refractivity contribution in [1.82, 2.24) is 4.31 Å². The Hall–Kier alpha value is -1.37. The maximum absolute atomic E-state index is 11.7. The van der Waals surface area contributed by atoms with Crippen LogP contribution < -0.4 is 0 Å². The third kappa shape index (κ3) is 3.29. The van der Waals surface area contributed by atoms with E-state index in [1.54, 1.807) is 0 Å². The number of carbonyl (C=O) groups is 1. The molecule has 0 saturated carbocycles. The zero-order valence-electron chi connectivity index (χ0n) is 10.3. The molecule has 0 spiro atoms. The Bertz CT molecular complexity index is 477. The van der Waals surface area contributed by atoms with E-state index in [4.69, 9.17) is 4.74 Å². The highest BCUT2D eigenvalue weighted by Gasteiger charge is 2.26. The van der Waals surface area contributed by atoms with Crippen LogP contribution in [0, 0.1) is 5.92 Å². The second-order valence-corrected chi connectivity index (χ2v) is 5.86. The first kappa shape index (κ1) is 13.7. The molecule has 1 heterocycles. The molecule has 0 aliphatic carbocycles. The lowest BCUT2D eigenvalue weighted by molar-refractivity contribution is -0.139. The van der Waals surface area contributed by atoms with Gasteiger partial charge in [0.05, 0.1) is 17.9 Å². The molecule has 0 atom stereocenters. The fraction of sp³-hybridized carbons (Fsp3) is 0.600. The summed E-state index contributed by atoms with van der Waals surface area (Å²) in [4.78, 5) is 11.7. The second-order valence-electron chi connectivity index (χ2n) is 4.21. The molecule has 0 saturated heterocycles. The van der Waals surface area contributed by atoms with Gasteiger partial charge in [-0.15, -0.1) is 4.40 Å². The summed E-state index contributed by atoms with van der Waals surface area (Å²) in [6.07, 6.45) is 1.22. The van der Waals surface area contributed by atoms with Crippen LogP contribution in [0.15, 0.2) is 16.2 Å². The molecular weight excluding hydrogens is 244 g/mol. The van der Waals surface area contributed by atoms with Gasteiger partial charge in [-0.3, -0.25) is 4.31 Å². The lowest BCUT2D eigenvalue weighted by atomic mass is 10.2. The van der Waals surface area contributed by atoms with Gasteiger partial charge >= 0.3 is 16.2 Å². The number of ether oxygens (including phenoxy) is 1. The normalized spacial score (nSPS) is 18.8. The molecule has 0 amide bonds. The van der Waals surface area contributed by atoms with Gasteiger partial charge in [0.25, 0.3) is 0 Å². The molecule has 7 heteroatoms. The molecular formula is C10H16N2O4S. The molecule has 17 heavy (non-hydrogen) atoms. The number of carbonyl (C=O) groups excluding carboxylic acids is 1. The van der Waals surface area contributed by atoms with E-state index >= 15 is 0 Å². The van der Waals surface area contributed by atoms with Crippen LogP contribution in [-0.2, 0) is 19.7 Å². The van der Waals surface area contributed by atoms with E-state index in [2.05, 4.69) is 4.40 Å². The summed E-state index contributed by atoms with van der Waals surface area (Å²) in [5, 5.41) is 0. The molecule has 1 rings (SSSR count). The van der Waals surface area contributed by atoms with E-state index in [0.29, 0.717) is 6.61 Å². The highest BCUT2D eigenvalue weighted by Crippen LogP contribution is 2.15. The van der Waals surface area contributed by atoms with Crippen LogP contribution in [0.4, 0.5) is 0 Å². The minimum Gasteiger partial charge on any atom is -0.462 e. The van der Waals surface area contributed by atoms with E-state index in [1.165, 1.54) is 20.2 Å². The predicted molar refractivity (Wildman–Crippen MR) is 63.7 cm³/mol. The van der Waals surface area contributed by atoms with E-state index in [9.17, 15) is 13.2 Å². The zero-order chi connectivity index (χ0) is 13.2. The van der Waals surface area contributed by atoms with Crippen molar-refractivity contribution in [2.45, 2.75) is 20.8 Å². The summed E-state index contributed by atoms with van der Waals surface area (Å²) in [7, 11) is -2.35. The molecule has 0 aromatic heterocycles. The molecule has 0 aromatic carbocycles. The van der Waals surface area contributed by atoms with Gasteiger partial charge in [0.1, 0.15) is 0 Å². The minimum absolute atomic E-state index is 0.150. The topological polar surface area (TPSA) is 76.0 Å². The Morgan fingerprint density at radius 1 is 1.53 bits per heavy atom. The Balaban J connectivity index is 2.86. The van der Waals surface area contributed by atoms with Crippen molar-refractivity contribution >= 4 is 21.9 Å². The zero-order valence-corrected chi connectivity index (χ0v) is 11.1. The second kappa shape index (κ2) is 4.87. The van der Waals surface area contributed by atoms with Gasteiger partial charge in [0.15, 0.2) is 0 Å². The fourth-order valence-electron chi connectivity index (χ4n) is 1.15. The smallest absolute Gasteiger partial charge is 0.344 e. The van der Waals surface area contributed by atoms with Crippen LogP contribution in [0.5, 0.6) is 0 Å². The molecule has 1 aliphatic rings. The number of esters is 1. The predicted octanol–water partition coefficient (Wildman–Crippen LogP) is 0.721. The van der Waals surface area contributed by atoms with Crippen LogP contribution in [-0.4, -0.2) is 38.1 Å². The van der Waals surface area contributed by atoms with Crippen molar-refractivity contribution < 1.29 is 17.9 Å². The first-order valence-electron chi connectivity index (χ1n) is 5.18. The monoisotopic (exact) mass is 260 g/mol. The van der Waals surface area contributed by atoms with Gasteiger partial charge in [0, 0.05) is 13.2 Å². The third-order valence-corrected chi connectivity index (χ3v) is 3.42. The van der Waals surface area contributed by atoms with Crippen molar-refractivity contribution in [3.05, 3.63) is 11.8 Å². The van der Waals surface area contributed by atoms with Crippen LogP contribution in [0.3, 0.4) is 0 Å². The minimum atomic E-state index is -3.67. The average Bonchev–Trinajstić information content (AvgIpc) is 2.19. The lowest BCUT2D eigenvalue weighted by Gasteiger charge is -2.19. The Morgan fingerprint density at radius 3 is 2.65 bits per heavy atom. The Labute approximate surface area is 101 Å². The summed E-state index contributed by atoms with van der Waals surface area (Å²) < 4.78 is 32.1. The molecule has 0 fully saturated rings. The first-order valence-corrected chi connectivity index (χ1v) is 6.57. The van der Waals surface area contributed by atoms with Gasteiger partial charge in [-0.25, -0.2) is 4.79 Å². The van der Waals surface area contributed by atoms with Gasteiger partial charge in [-0.2, -0.15) is 8.42 Å². The number of hydrogen-bond acceptors (Lipinski definition) is 4. The number of hydrogen-bond donors (Lipinski definition) is 0. The lowest BCUT2D eigenvalue weighted by Crippen LogP contribution is -2.29. The fourth-order valence-corrected chi connectivity index (χ4v) is 1.96. The van der Waals surface area contributed by atoms with Gasteiger partial charge < -0.3 is 4.74 Å². The summed E-state index contributed by atoms with van der Waals surface area (Å²) in [5.41, 5.74) is 0.319. The quantitative estimate of drug-likeness (QED) is 0.701. The van der Waals surface area contributed by atoms with Gasteiger partial charge in [-0.1, -0.05) is 13.8 Å². The summed E-state index contributed by atoms with van der Waals surface area (Å²) in [5.74, 6) is -0.330. The molecule has 0 N–H and O–H groups in total. The van der Waals surface area contributed by atoms with Crippen LogP contribution in [0.1, 0.15) is 20.8 Å². The largest absolute Gasteiger partial charge is 0.462 e. The molecule has 0 unspecified atom stereocenters. The number of rotatable bonds is 3. The highest BCUT2D eigenvalue weighted by molar-refractivity contribution is 7.88. The van der Waals surface area contributed by atoms with E-state index in [0.717, 1.165) is 4.31 Å². The van der Waals surface area contributed by atoms with E-state index in [-0.39, 0.29) is 17.2 Å². The summed E-state index contributed by atoms with van der Waals surface area (Å²) >= 11 is 0. The third-order valence-electron chi connectivity index (χ3n) is 2.08. The Kier molecular flexibility index (Phi) is 3.92. The molecule has 96 valence electrons. The highest BCUT2D eigenvalue weighted by atomic mass is 32.2. The standard InChI is InChI=1S/C10H16N2O4S/c1-7(2)6-16-10(13)9-5-12(4)17(14,15)11-8(9)3/h5,7H,6H2,1-4H3. The van der Waals surface area contributed by atoms with Crippen molar-refractivity contribution in [1.29, 1.82) is 0 Å².